The Morgan fingerprint density at radius 1 is 1.42 bits per heavy atom. The number of nitrogens with one attached hydrogen (secondary N) is 2. The van der Waals surface area contributed by atoms with Crippen LogP contribution in [0, 0.1) is 5.92 Å². The van der Waals surface area contributed by atoms with Crippen molar-refractivity contribution in [3.63, 3.8) is 0 Å². The summed E-state index contributed by atoms with van der Waals surface area (Å²) in [7, 11) is -3.42. The molecule has 0 aromatic carbocycles. The van der Waals surface area contributed by atoms with Crippen LogP contribution in [0.1, 0.15) is 36.2 Å². The Hall–Kier alpha value is -1.41. The van der Waals surface area contributed by atoms with Crippen molar-refractivity contribution >= 4 is 15.9 Å². The summed E-state index contributed by atoms with van der Waals surface area (Å²) in [6, 6.07) is 1.60. The average molecular weight is 286 g/mol. The predicted molar refractivity (Wildman–Crippen MR) is 69.8 cm³/mol. The van der Waals surface area contributed by atoms with E-state index < -0.39 is 15.3 Å². The molecule has 0 spiro atoms. The summed E-state index contributed by atoms with van der Waals surface area (Å²) in [4.78, 5) is 11.7. The number of amides is 1. The standard InChI is InChI=1S/C11H18N4O3S/c12-19(17,18)9-3-1-8(2-4-9)7-13-11(16)10-5-6-14-15-10/h5-6,8-9H,1-4,7H2,(H,13,16)(H,14,15)(H2,12,17,18)/t8-,9-. The van der Waals surface area contributed by atoms with E-state index in [4.69, 9.17) is 5.14 Å². The number of carbonyl (C=O) groups excluding carboxylic acids is 1. The van der Waals surface area contributed by atoms with E-state index in [2.05, 4.69) is 15.5 Å². The Morgan fingerprint density at radius 3 is 2.63 bits per heavy atom. The van der Waals surface area contributed by atoms with Crippen LogP contribution >= 0.6 is 0 Å². The summed E-state index contributed by atoms with van der Waals surface area (Å²) >= 11 is 0. The van der Waals surface area contributed by atoms with Crippen LogP contribution in [0.5, 0.6) is 0 Å². The summed E-state index contributed by atoms with van der Waals surface area (Å²) in [5, 5.41) is 13.9. The summed E-state index contributed by atoms with van der Waals surface area (Å²) in [6.07, 6.45) is 4.26. The fraction of sp³-hybridized carbons (Fsp3) is 0.636. The van der Waals surface area contributed by atoms with E-state index in [0.29, 0.717) is 31.0 Å². The van der Waals surface area contributed by atoms with Gasteiger partial charge in [-0.1, -0.05) is 0 Å². The molecule has 0 atom stereocenters. The maximum absolute atomic E-state index is 11.7. The molecule has 8 heteroatoms. The van der Waals surface area contributed by atoms with Gasteiger partial charge in [-0.25, -0.2) is 13.6 Å². The summed E-state index contributed by atoms with van der Waals surface area (Å²) in [5.41, 5.74) is 0.359. The van der Waals surface area contributed by atoms with Crippen molar-refractivity contribution in [3.8, 4) is 0 Å². The number of aromatic nitrogens is 2. The van der Waals surface area contributed by atoms with Crippen LogP contribution in [0.3, 0.4) is 0 Å². The Morgan fingerprint density at radius 2 is 2.11 bits per heavy atom. The fourth-order valence-corrected chi connectivity index (χ4v) is 3.31. The molecule has 19 heavy (non-hydrogen) atoms. The van der Waals surface area contributed by atoms with Crippen LogP contribution < -0.4 is 10.5 Å². The molecule has 2 rings (SSSR count). The molecule has 1 saturated carbocycles. The number of nitrogens with zero attached hydrogens (tertiary/aromatic N) is 1. The number of primary sulfonamides is 1. The molecule has 1 amide bonds. The highest BCUT2D eigenvalue weighted by Gasteiger charge is 2.28. The average Bonchev–Trinajstić information content (AvgIpc) is 2.89. The fourth-order valence-electron chi connectivity index (χ4n) is 2.38. The van der Waals surface area contributed by atoms with E-state index in [9.17, 15) is 13.2 Å². The summed E-state index contributed by atoms with van der Waals surface area (Å²) in [6.45, 7) is 0.545. The van der Waals surface area contributed by atoms with Gasteiger partial charge in [0.2, 0.25) is 10.0 Å². The second-order valence-corrected chi connectivity index (χ2v) is 6.75. The van der Waals surface area contributed by atoms with Gasteiger partial charge in [-0.2, -0.15) is 5.10 Å². The molecule has 0 saturated heterocycles. The number of sulfonamides is 1. The van der Waals surface area contributed by atoms with Gasteiger partial charge in [-0.15, -0.1) is 0 Å². The third-order valence-corrected chi connectivity index (χ3v) is 4.94. The van der Waals surface area contributed by atoms with Crippen molar-refractivity contribution < 1.29 is 13.2 Å². The number of hydrogen-bond donors (Lipinski definition) is 3. The van der Waals surface area contributed by atoms with Gasteiger partial charge in [0, 0.05) is 12.7 Å². The smallest absolute Gasteiger partial charge is 0.271 e. The third-order valence-electron chi connectivity index (χ3n) is 3.54. The lowest BCUT2D eigenvalue weighted by molar-refractivity contribution is 0.0938. The van der Waals surface area contributed by atoms with Crippen LogP contribution in [0.2, 0.25) is 0 Å². The number of rotatable bonds is 4. The van der Waals surface area contributed by atoms with Gasteiger partial charge in [-0.3, -0.25) is 9.89 Å². The summed E-state index contributed by atoms with van der Waals surface area (Å²) < 4.78 is 22.4. The van der Waals surface area contributed by atoms with E-state index >= 15 is 0 Å². The van der Waals surface area contributed by atoms with Gasteiger partial charge >= 0.3 is 0 Å². The number of nitrogens with two attached hydrogens (primary N) is 1. The van der Waals surface area contributed by atoms with Crippen LogP contribution in [-0.2, 0) is 10.0 Å². The third kappa shape index (κ3) is 3.77. The van der Waals surface area contributed by atoms with Crippen molar-refractivity contribution in [1.82, 2.24) is 15.5 Å². The van der Waals surface area contributed by atoms with E-state index in [1.54, 1.807) is 12.3 Å². The topological polar surface area (TPSA) is 118 Å². The second-order valence-electron chi connectivity index (χ2n) is 4.90. The quantitative estimate of drug-likeness (QED) is 0.721. The normalized spacial score (nSPS) is 24.1. The number of carbonyl (C=O) groups is 1. The van der Waals surface area contributed by atoms with E-state index in [1.165, 1.54) is 0 Å². The molecule has 0 bridgehead atoms. The highest BCUT2D eigenvalue weighted by molar-refractivity contribution is 7.89. The highest BCUT2D eigenvalue weighted by atomic mass is 32.2. The largest absolute Gasteiger partial charge is 0.350 e. The first-order chi connectivity index (χ1) is 8.97. The van der Waals surface area contributed by atoms with Crippen molar-refractivity contribution in [2.45, 2.75) is 30.9 Å². The van der Waals surface area contributed by atoms with Crippen LogP contribution in [0.25, 0.3) is 0 Å². The molecule has 1 heterocycles. The first kappa shape index (κ1) is 14.0. The van der Waals surface area contributed by atoms with Gasteiger partial charge < -0.3 is 5.32 Å². The first-order valence-electron chi connectivity index (χ1n) is 6.26. The molecule has 7 nitrogen and oxygen atoms in total. The molecule has 1 aromatic rings. The molecule has 0 radical (unpaired) electrons. The highest BCUT2D eigenvalue weighted by Crippen LogP contribution is 2.27. The lowest BCUT2D eigenvalue weighted by atomic mass is 9.89. The molecule has 1 aliphatic carbocycles. The van der Waals surface area contributed by atoms with Crippen molar-refractivity contribution in [1.29, 1.82) is 0 Å². The Kier molecular flexibility index (Phi) is 4.20. The minimum Gasteiger partial charge on any atom is -0.350 e. The second kappa shape index (κ2) is 5.70. The molecule has 1 aliphatic rings. The lowest BCUT2D eigenvalue weighted by Crippen LogP contribution is -2.36. The minimum atomic E-state index is -3.42. The van der Waals surface area contributed by atoms with E-state index in [1.807, 2.05) is 0 Å². The molecule has 1 fully saturated rings. The molecule has 106 valence electrons. The SMILES string of the molecule is NS(=O)(=O)[C@H]1CC[C@H](CNC(=O)c2cc[nH]n2)CC1. The van der Waals surface area contributed by atoms with Crippen molar-refractivity contribution in [3.05, 3.63) is 18.0 Å². The maximum atomic E-state index is 11.7. The maximum Gasteiger partial charge on any atom is 0.271 e. The van der Waals surface area contributed by atoms with Gasteiger partial charge in [0.1, 0.15) is 5.69 Å². The van der Waals surface area contributed by atoms with Crippen LogP contribution in [0.4, 0.5) is 0 Å². The number of H-pyrrole nitrogens is 1. The van der Waals surface area contributed by atoms with Crippen molar-refractivity contribution in [2.75, 3.05) is 6.54 Å². The number of hydrogen-bond acceptors (Lipinski definition) is 4. The van der Waals surface area contributed by atoms with Crippen LogP contribution in [-0.4, -0.2) is 36.3 Å². The zero-order chi connectivity index (χ0) is 13.9. The molecule has 0 unspecified atom stereocenters. The lowest BCUT2D eigenvalue weighted by Gasteiger charge is -2.27. The van der Waals surface area contributed by atoms with Gasteiger partial charge in [0.25, 0.3) is 5.91 Å². The van der Waals surface area contributed by atoms with Gasteiger partial charge in [0.05, 0.1) is 5.25 Å². The zero-order valence-electron chi connectivity index (χ0n) is 10.5. The van der Waals surface area contributed by atoms with E-state index in [-0.39, 0.29) is 5.91 Å². The molecule has 0 aliphatic heterocycles. The monoisotopic (exact) mass is 286 g/mol. The molecule has 4 N–H and O–H groups in total. The van der Waals surface area contributed by atoms with Gasteiger partial charge in [0.15, 0.2) is 0 Å². The number of aromatic amines is 1. The molecule has 1 aromatic heterocycles. The minimum absolute atomic E-state index is 0.213. The van der Waals surface area contributed by atoms with Crippen molar-refractivity contribution in [2.24, 2.45) is 11.1 Å². The Labute approximate surface area is 112 Å². The Bertz CT molecular complexity index is 518. The summed E-state index contributed by atoms with van der Waals surface area (Å²) in [5.74, 6) is 0.0933. The van der Waals surface area contributed by atoms with Crippen LogP contribution in [0.15, 0.2) is 12.3 Å². The molecular weight excluding hydrogens is 268 g/mol. The van der Waals surface area contributed by atoms with Gasteiger partial charge in [-0.05, 0) is 37.7 Å². The van der Waals surface area contributed by atoms with E-state index in [0.717, 1.165) is 12.8 Å². The predicted octanol–water partition coefficient (Wildman–Crippen LogP) is -0.0132. The Balaban J connectivity index is 1.76. The first-order valence-corrected chi connectivity index (χ1v) is 7.87. The zero-order valence-corrected chi connectivity index (χ0v) is 11.3. The molecular formula is C11H18N4O3S.